The Labute approximate surface area is 224 Å². The molecule has 36 heavy (non-hydrogen) atoms. The lowest BCUT2D eigenvalue weighted by molar-refractivity contribution is -0.118. The molecular formula is C27H23ClN2O4S2. The number of hydrogen-bond donors (Lipinski definition) is 1. The predicted octanol–water partition coefficient (Wildman–Crippen LogP) is 6.33. The second-order valence-electron chi connectivity index (χ2n) is 7.79. The van der Waals surface area contributed by atoms with Gasteiger partial charge in [-0.2, -0.15) is 0 Å². The van der Waals surface area contributed by atoms with Gasteiger partial charge in [0.2, 0.25) is 0 Å². The highest BCUT2D eigenvalue weighted by Gasteiger charge is 2.33. The molecule has 2 amide bonds. The zero-order valence-electron chi connectivity index (χ0n) is 19.6. The lowest BCUT2D eigenvalue weighted by Crippen LogP contribution is -2.27. The number of anilines is 2. The van der Waals surface area contributed by atoms with Gasteiger partial charge < -0.3 is 14.8 Å². The summed E-state index contributed by atoms with van der Waals surface area (Å²) in [4.78, 5) is 27.4. The molecule has 1 aliphatic rings. The van der Waals surface area contributed by atoms with Crippen LogP contribution in [0.2, 0.25) is 5.02 Å². The molecule has 1 fully saturated rings. The highest BCUT2D eigenvalue weighted by Crippen LogP contribution is 2.37. The first-order chi connectivity index (χ1) is 17.4. The number of halogens is 1. The van der Waals surface area contributed by atoms with Crippen LogP contribution in [0.4, 0.5) is 11.4 Å². The molecule has 9 heteroatoms. The van der Waals surface area contributed by atoms with E-state index in [2.05, 4.69) is 12.2 Å². The van der Waals surface area contributed by atoms with Crippen LogP contribution in [0.5, 0.6) is 11.5 Å². The van der Waals surface area contributed by atoms with E-state index >= 15 is 0 Å². The maximum atomic E-state index is 13.1. The molecule has 0 aromatic heterocycles. The van der Waals surface area contributed by atoms with E-state index < -0.39 is 0 Å². The second-order valence-corrected chi connectivity index (χ2v) is 9.91. The van der Waals surface area contributed by atoms with Crippen LogP contribution in [0.25, 0.3) is 6.08 Å². The van der Waals surface area contributed by atoms with Crippen molar-refractivity contribution in [3.63, 3.8) is 0 Å². The number of aryl methyl sites for hydroxylation is 1. The van der Waals surface area contributed by atoms with Crippen molar-refractivity contribution in [3.8, 4) is 11.5 Å². The van der Waals surface area contributed by atoms with Crippen LogP contribution in [-0.2, 0) is 16.0 Å². The Morgan fingerprint density at radius 2 is 1.89 bits per heavy atom. The van der Waals surface area contributed by atoms with Gasteiger partial charge in [-0.1, -0.05) is 66.8 Å². The molecule has 3 aromatic carbocycles. The average Bonchev–Trinajstić information content (AvgIpc) is 3.15. The standard InChI is InChI=1S/C27H23ClN2O4S2/c1-3-17-7-10-21(11-8-17)30-26(32)24(36-27(30)35)14-18-9-12-22(23(13-18)33-2)34-16-25(31)29-20-6-4-5-19(28)15-20/h4-15H,3,16H2,1-2H3,(H,29,31)/b24-14-. The van der Waals surface area contributed by atoms with E-state index in [4.69, 9.17) is 33.3 Å². The monoisotopic (exact) mass is 538 g/mol. The number of thiocarbonyl (C=S) groups is 1. The molecule has 0 bridgehead atoms. The van der Waals surface area contributed by atoms with Gasteiger partial charge in [0.25, 0.3) is 11.8 Å². The van der Waals surface area contributed by atoms with Crippen LogP contribution in [0.15, 0.2) is 71.6 Å². The van der Waals surface area contributed by atoms with Crippen molar-refractivity contribution in [1.82, 2.24) is 0 Å². The minimum Gasteiger partial charge on any atom is -0.493 e. The summed E-state index contributed by atoms with van der Waals surface area (Å²) in [5.74, 6) is 0.328. The first-order valence-corrected chi connectivity index (χ1v) is 12.7. The summed E-state index contributed by atoms with van der Waals surface area (Å²) < 4.78 is 11.6. The number of hydrogen-bond acceptors (Lipinski definition) is 6. The Bertz CT molecular complexity index is 1340. The van der Waals surface area contributed by atoms with Gasteiger partial charge in [0.05, 0.1) is 17.7 Å². The Morgan fingerprint density at radius 1 is 1.11 bits per heavy atom. The third-order valence-electron chi connectivity index (χ3n) is 5.35. The molecule has 0 spiro atoms. The van der Waals surface area contributed by atoms with Crippen molar-refractivity contribution in [2.75, 3.05) is 23.9 Å². The van der Waals surface area contributed by atoms with Crippen molar-refractivity contribution in [2.45, 2.75) is 13.3 Å². The van der Waals surface area contributed by atoms with Crippen molar-refractivity contribution in [2.24, 2.45) is 0 Å². The maximum absolute atomic E-state index is 13.1. The number of rotatable bonds is 8. The Morgan fingerprint density at radius 3 is 2.58 bits per heavy atom. The number of benzene rings is 3. The Balaban J connectivity index is 1.44. The second kappa shape index (κ2) is 11.6. The van der Waals surface area contributed by atoms with Crippen LogP contribution >= 0.6 is 35.6 Å². The summed E-state index contributed by atoms with van der Waals surface area (Å²) in [6.45, 7) is 1.87. The molecular weight excluding hydrogens is 516 g/mol. The third-order valence-corrected chi connectivity index (χ3v) is 6.89. The minimum atomic E-state index is -0.334. The summed E-state index contributed by atoms with van der Waals surface area (Å²) in [6, 6.07) is 19.9. The van der Waals surface area contributed by atoms with Crippen molar-refractivity contribution >= 4 is 69.2 Å². The van der Waals surface area contributed by atoms with Gasteiger partial charge in [0, 0.05) is 10.7 Å². The number of methoxy groups -OCH3 is 1. The van der Waals surface area contributed by atoms with Crippen LogP contribution < -0.4 is 19.7 Å². The summed E-state index contributed by atoms with van der Waals surface area (Å²) in [5.41, 5.74) is 3.26. The molecule has 0 saturated carbocycles. The SMILES string of the molecule is CCc1ccc(N2C(=O)/C(=C/c3ccc(OCC(=O)Nc4cccc(Cl)c4)c(OC)c3)SC2=S)cc1. The lowest BCUT2D eigenvalue weighted by Gasteiger charge is -2.14. The largest absolute Gasteiger partial charge is 0.493 e. The Kier molecular flexibility index (Phi) is 8.30. The molecule has 0 unspecified atom stereocenters. The summed E-state index contributed by atoms with van der Waals surface area (Å²) in [5, 5.41) is 3.25. The van der Waals surface area contributed by atoms with E-state index in [0.29, 0.717) is 31.4 Å². The maximum Gasteiger partial charge on any atom is 0.270 e. The molecule has 184 valence electrons. The molecule has 1 saturated heterocycles. The zero-order valence-corrected chi connectivity index (χ0v) is 22.0. The fourth-order valence-electron chi connectivity index (χ4n) is 3.52. The van der Waals surface area contributed by atoms with E-state index in [9.17, 15) is 9.59 Å². The molecule has 0 atom stereocenters. The van der Waals surface area contributed by atoms with Crippen molar-refractivity contribution in [3.05, 3.63) is 87.8 Å². The van der Waals surface area contributed by atoms with Gasteiger partial charge in [-0.05, 0) is 66.1 Å². The van der Waals surface area contributed by atoms with Crippen molar-refractivity contribution < 1.29 is 19.1 Å². The molecule has 6 nitrogen and oxygen atoms in total. The molecule has 0 aliphatic carbocycles. The zero-order chi connectivity index (χ0) is 25.7. The first kappa shape index (κ1) is 25.8. The number of nitrogens with one attached hydrogen (secondary N) is 1. The molecule has 1 heterocycles. The van der Waals surface area contributed by atoms with Gasteiger partial charge in [-0.25, -0.2) is 0 Å². The Hall–Kier alpha value is -3.33. The molecule has 1 N–H and O–H groups in total. The van der Waals surface area contributed by atoms with Gasteiger partial charge in [-0.3, -0.25) is 14.5 Å². The van der Waals surface area contributed by atoms with Crippen LogP contribution in [0.1, 0.15) is 18.1 Å². The number of nitrogens with zero attached hydrogens (tertiary/aromatic N) is 1. The van der Waals surface area contributed by atoms with Crippen LogP contribution in [0.3, 0.4) is 0 Å². The highest BCUT2D eigenvalue weighted by molar-refractivity contribution is 8.27. The normalized spacial score (nSPS) is 14.3. The third kappa shape index (κ3) is 6.07. The first-order valence-electron chi connectivity index (χ1n) is 11.1. The minimum absolute atomic E-state index is 0.175. The number of carbonyl (C=O) groups is 2. The van der Waals surface area contributed by atoms with E-state index in [-0.39, 0.29) is 18.4 Å². The fraction of sp³-hybridized carbons (Fsp3) is 0.148. The van der Waals surface area contributed by atoms with Gasteiger partial charge in [0.15, 0.2) is 22.4 Å². The van der Waals surface area contributed by atoms with E-state index in [1.54, 1.807) is 53.4 Å². The predicted molar refractivity (Wildman–Crippen MR) is 150 cm³/mol. The average molecular weight is 539 g/mol. The number of thioether (sulfide) groups is 1. The molecule has 1 aliphatic heterocycles. The number of carbonyl (C=O) groups excluding carboxylic acids is 2. The van der Waals surface area contributed by atoms with Gasteiger partial charge >= 0.3 is 0 Å². The molecule has 4 rings (SSSR count). The van der Waals surface area contributed by atoms with Crippen LogP contribution in [0, 0.1) is 0 Å². The summed E-state index contributed by atoms with van der Waals surface area (Å²) in [7, 11) is 1.51. The van der Waals surface area contributed by atoms with Gasteiger partial charge in [-0.15, -0.1) is 0 Å². The summed E-state index contributed by atoms with van der Waals surface area (Å²) >= 11 is 12.7. The topological polar surface area (TPSA) is 67.9 Å². The lowest BCUT2D eigenvalue weighted by atomic mass is 10.1. The summed E-state index contributed by atoms with van der Waals surface area (Å²) in [6.07, 6.45) is 2.69. The van der Waals surface area contributed by atoms with Crippen LogP contribution in [-0.4, -0.2) is 29.9 Å². The number of amides is 2. The van der Waals surface area contributed by atoms with E-state index in [0.717, 1.165) is 17.7 Å². The van der Waals surface area contributed by atoms with Gasteiger partial charge in [0.1, 0.15) is 0 Å². The quantitative estimate of drug-likeness (QED) is 0.267. The van der Waals surface area contributed by atoms with E-state index in [1.165, 1.54) is 24.4 Å². The smallest absolute Gasteiger partial charge is 0.270 e. The van der Waals surface area contributed by atoms with Crippen molar-refractivity contribution in [1.29, 1.82) is 0 Å². The number of ether oxygens (including phenoxy) is 2. The highest BCUT2D eigenvalue weighted by atomic mass is 35.5. The molecule has 3 aromatic rings. The fourth-order valence-corrected chi connectivity index (χ4v) is 5.01. The molecule has 0 radical (unpaired) electrons. The van der Waals surface area contributed by atoms with E-state index in [1.807, 2.05) is 24.3 Å².